The molecule has 0 aliphatic carbocycles. The van der Waals surface area contributed by atoms with Gasteiger partial charge in [-0.05, 0) is 35.5 Å². The lowest BCUT2D eigenvalue weighted by atomic mass is 9.93. The van der Waals surface area contributed by atoms with Crippen molar-refractivity contribution < 1.29 is 0 Å². The minimum absolute atomic E-state index is 0.123. The Kier molecular flexibility index (Phi) is 5.75. The molecule has 0 saturated heterocycles. The second kappa shape index (κ2) is 7.58. The van der Waals surface area contributed by atoms with Crippen LogP contribution in [0.25, 0.3) is 0 Å². The maximum Gasteiger partial charge on any atom is 0.123 e. The molecule has 0 N–H and O–H groups in total. The molecule has 0 spiro atoms. The van der Waals surface area contributed by atoms with Gasteiger partial charge >= 0.3 is 0 Å². The van der Waals surface area contributed by atoms with Crippen LogP contribution in [0.3, 0.4) is 0 Å². The summed E-state index contributed by atoms with van der Waals surface area (Å²) in [4.78, 5) is 11.7. The molecule has 124 valence electrons. The van der Waals surface area contributed by atoms with E-state index in [1.807, 2.05) is 25.2 Å². The topological polar surface area (TPSA) is 28.0 Å². The quantitative estimate of drug-likeness (QED) is 0.725. The standard InChI is InChI=1S/C20H29N3/c1-14(2)17-10-8-11-18(15(3)4)20(17)21-13-16-9-7-12-19(22-16)23(5)6/h7-8,10-16H,9H2,1-6H3/b21-13+/t16-/m1/s1. The second-order valence-corrected chi connectivity index (χ2v) is 6.96. The summed E-state index contributed by atoms with van der Waals surface area (Å²) in [5.74, 6) is 1.94. The number of dihydropyridines is 1. The Bertz CT molecular complexity index is 596. The zero-order valence-electron chi connectivity index (χ0n) is 15.2. The monoisotopic (exact) mass is 311 g/mol. The molecule has 1 aromatic rings. The highest BCUT2D eigenvalue weighted by Crippen LogP contribution is 2.34. The van der Waals surface area contributed by atoms with Gasteiger partial charge in [0.1, 0.15) is 5.84 Å². The molecule has 0 bridgehead atoms. The Morgan fingerprint density at radius 1 is 1.13 bits per heavy atom. The summed E-state index contributed by atoms with van der Waals surface area (Å²) in [5, 5.41) is 0. The predicted molar refractivity (Wildman–Crippen MR) is 101 cm³/mol. The molecule has 1 atom stereocenters. The van der Waals surface area contributed by atoms with Crippen molar-refractivity contribution in [3.63, 3.8) is 0 Å². The van der Waals surface area contributed by atoms with Crippen LogP contribution in [0.1, 0.15) is 57.1 Å². The summed E-state index contributed by atoms with van der Waals surface area (Å²) in [7, 11) is 4.04. The van der Waals surface area contributed by atoms with Crippen LogP contribution in [0.5, 0.6) is 0 Å². The van der Waals surface area contributed by atoms with Crippen LogP contribution >= 0.6 is 0 Å². The molecule has 0 fully saturated rings. The van der Waals surface area contributed by atoms with E-state index in [2.05, 4.69) is 58.0 Å². The molecular weight excluding hydrogens is 282 g/mol. The molecule has 0 aromatic heterocycles. The Balaban J connectivity index is 2.34. The number of rotatable bonds is 4. The van der Waals surface area contributed by atoms with Crippen molar-refractivity contribution in [2.45, 2.75) is 52.0 Å². The first-order valence-electron chi connectivity index (χ1n) is 8.48. The van der Waals surface area contributed by atoms with Crippen molar-refractivity contribution in [1.82, 2.24) is 4.90 Å². The molecule has 0 saturated carbocycles. The van der Waals surface area contributed by atoms with Gasteiger partial charge in [0.25, 0.3) is 0 Å². The van der Waals surface area contributed by atoms with Gasteiger partial charge < -0.3 is 4.90 Å². The zero-order valence-corrected chi connectivity index (χ0v) is 15.2. The van der Waals surface area contributed by atoms with Gasteiger partial charge in [0, 0.05) is 20.3 Å². The van der Waals surface area contributed by atoms with Crippen molar-refractivity contribution in [3.8, 4) is 0 Å². The molecule has 0 amide bonds. The van der Waals surface area contributed by atoms with Gasteiger partial charge in [-0.3, -0.25) is 9.98 Å². The Hall–Kier alpha value is -1.90. The Labute approximate surface area is 140 Å². The molecular formula is C20H29N3. The largest absolute Gasteiger partial charge is 0.363 e. The fourth-order valence-corrected chi connectivity index (χ4v) is 2.76. The average Bonchev–Trinajstić information content (AvgIpc) is 2.52. The van der Waals surface area contributed by atoms with Crippen LogP contribution < -0.4 is 0 Å². The van der Waals surface area contributed by atoms with Crippen molar-refractivity contribution in [1.29, 1.82) is 0 Å². The third-order valence-electron chi connectivity index (χ3n) is 4.12. The highest BCUT2D eigenvalue weighted by atomic mass is 15.1. The minimum Gasteiger partial charge on any atom is -0.363 e. The van der Waals surface area contributed by atoms with Gasteiger partial charge in [-0.15, -0.1) is 0 Å². The molecule has 3 nitrogen and oxygen atoms in total. The lowest BCUT2D eigenvalue weighted by Crippen LogP contribution is -2.25. The normalized spacial score (nSPS) is 18.1. The van der Waals surface area contributed by atoms with Crippen LogP contribution in [-0.2, 0) is 0 Å². The zero-order chi connectivity index (χ0) is 17.0. The van der Waals surface area contributed by atoms with Gasteiger partial charge in [-0.25, -0.2) is 0 Å². The summed E-state index contributed by atoms with van der Waals surface area (Å²) in [6, 6.07) is 6.66. The maximum absolute atomic E-state index is 4.88. The number of likely N-dealkylation sites (N-methyl/N-ethyl adjacent to an activating group) is 1. The minimum atomic E-state index is 0.123. The van der Waals surface area contributed by atoms with Crippen molar-refractivity contribution >= 4 is 17.7 Å². The van der Waals surface area contributed by atoms with Crippen LogP contribution in [0.2, 0.25) is 0 Å². The highest BCUT2D eigenvalue weighted by molar-refractivity contribution is 5.95. The van der Waals surface area contributed by atoms with Gasteiger partial charge in [0.05, 0.1) is 11.7 Å². The van der Waals surface area contributed by atoms with Crippen molar-refractivity contribution in [2.24, 2.45) is 9.98 Å². The van der Waals surface area contributed by atoms with Gasteiger partial charge in [-0.2, -0.15) is 0 Å². The van der Waals surface area contributed by atoms with Crippen LogP contribution in [0, 0.1) is 0 Å². The van der Waals surface area contributed by atoms with Crippen molar-refractivity contribution in [3.05, 3.63) is 41.5 Å². The number of nitrogens with zero attached hydrogens (tertiary/aromatic N) is 3. The molecule has 3 heteroatoms. The Morgan fingerprint density at radius 2 is 1.74 bits per heavy atom. The van der Waals surface area contributed by atoms with E-state index in [9.17, 15) is 0 Å². The number of hydrogen-bond donors (Lipinski definition) is 0. The summed E-state index contributed by atoms with van der Waals surface area (Å²) in [6.07, 6.45) is 7.18. The number of para-hydroxylation sites is 1. The maximum atomic E-state index is 4.88. The molecule has 0 radical (unpaired) electrons. The van der Waals surface area contributed by atoms with Gasteiger partial charge in [-0.1, -0.05) is 52.0 Å². The highest BCUT2D eigenvalue weighted by Gasteiger charge is 2.14. The second-order valence-electron chi connectivity index (χ2n) is 6.96. The number of benzene rings is 1. The van der Waals surface area contributed by atoms with E-state index in [-0.39, 0.29) is 6.04 Å². The van der Waals surface area contributed by atoms with Crippen LogP contribution in [0.4, 0.5) is 5.69 Å². The summed E-state index contributed by atoms with van der Waals surface area (Å²) in [6.45, 7) is 8.91. The molecule has 0 unspecified atom stereocenters. The lowest BCUT2D eigenvalue weighted by Gasteiger charge is -2.19. The molecule has 1 aliphatic heterocycles. The lowest BCUT2D eigenvalue weighted by molar-refractivity contribution is 0.614. The van der Waals surface area contributed by atoms with Gasteiger partial charge in [0.15, 0.2) is 0 Å². The first kappa shape index (κ1) is 17.5. The number of aliphatic imine (C=N–C) groups is 2. The van der Waals surface area contributed by atoms with E-state index in [4.69, 9.17) is 9.98 Å². The fourth-order valence-electron chi connectivity index (χ4n) is 2.76. The number of amidine groups is 1. The SMILES string of the molecule is CC(C)c1cccc(C(C)C)c1/N=C/[C@H]1CC=CC(N(C)C)=N1. The third kappa shape index (κ3) is 4.31. The molecule has 2 rings (SSSR count). The van der Waals surface area contributed by atoms with E-state index in [0.29, 0.717) is 11.8 Å². The Morgan fingerprint density at radius 3 is 2.26 bits per heavy atom. The van der Waals surface area contributed by atoms with E-state index < -0.39 is 0 Å². The van der Waals surface area contributed by atoms with E-state index in [1.54, 1.807) is 0 Å². The van der Waals surface area contributed by atoms with Crippen molar-refractivity contribution in [2.75, 3.05) is 14.1 Å². The first-order valence-corrected chi connectivity index (χ1v) is 8.48. The molecule has 1 heterocycles. The first-order chi connectivity index (χ1) is 10.9. The van der Waals surface area contributed by atoms with Crippen LogP contribution in [0.15, 0.2) is 40.3 Å². The molecule has 1 aromatic carbocycles. The third-order valence-corrected chi connectivity index (χ3v) is 4.12. The van der Waals surface area contributed by atoms with E-state index in [0.717, 1.165) is 17.9 Å². The fraction of sp³-hybridized carbons (Fsp3) is 0.500. The molecule has 23 heavy (non-hydrogen) atoms. The summed E-state index contributed by atoms with van der Waals surface area (Å²) < 4.78 is 0. The number of hydrogen-bond acceptors (Lipinski definition) is 3. The summed E-state index contributed by atoms with van der Waals surface area (Å²) >= 11 is 0. The van der Waals surface area contributed by atoms with E-state index >= 15 is 0 Å². The van der Waals surface area contributed by atoms with Crippen LogP contribution in [-0.4, -0.2) is 37.1 Å². The van der Waals surface area contributed by atoms with E-state index in [1.165, 1.54) is 11.1 Å². The predicted octanol–water partition coefficient (Wildman–Crippen LogP) is 4.92. The molecule has 1 aliphatic rings. The smallest absolute Gasteiger partial charge is 0.123 e. The summed E-state index contributed by atoms with van der Waals surface area (Å²) in [5.41, 5.74) is 3.76. The van der Waals surface area contributed by atoms with Gasteiger partial charge in [0.2, 0.25) is 0 Å². The average molecular weight is 311 g/mol.